The van der Waals surface area contributed by atoms with Gasteiger partial charge in [0.05, 0.1) is 32.3 Å². The highest BCUT2D eigenvalue weighted by Crippen LogP contribution is 2.31. The summed E-state index contributed by atoms with van der Waals surface area (Å²) in [6.45, 7) is 0.309. The van der Waals surface area contributed by atoms with Crippen LogP contribution in [0.1, 0.15) is 29.2 Å². The molecule has 4 N–H and O–H groups in total. The van der Waals surface area contributed by atoms with Gasteiger partial charge in [-0.05, 0) is 60.2 Å². The van der Waals surface area contributed by atoms with Gasteiger partial charge in [-0.3, -0.25) is 4.72 Å². The summed E-state index contributed by atoms with van der Waals surface area (Å²) < 4.78 is 36.2. The smallest absolute Gasteiger partial charge is 0.229 e. The molecule has 0 saturated carbocycles. The van der Waals surface area contributed by atoms with Gasteiger partial charge in [0, 0.05) is 12.6 Å². The van der Waals surface area contributed by atoms with Crippen LogP contribution in [0.25, 0.3) is 0 Å². The van der Waals surface area contributed by atoms with Gasteiger partial charge in [0.15, 0.2) is 11.5 Å². The number of hydrogen-bond acceptors (Lipinski definition) is 7. The zero-order valence-electron chi connectivity index (χ0n) is 20.8. The quantitative estimate of drug-likeness (QED) is 0.257. The summed E-state index contributed by atoms with van der Waals surface area (Å²) in [4.78, 5) is 0. The molecule has 2 atom stereocenters. The lowest BCUT2D eigenvalue weighted by atomic mass is 9.98. The number of aliphatic hydroxyl groups excluding tert-OH is 1. The van der Waals surface area contributed by atoms with Crippen LogP contribution in [-0.2, 0) is 22.9 Å². The molecule has 0 aromatic heterocycles. The Bertz CT molecular complexity index is 1230. The maximum Gasteiger partial charge on any atom is 0.229 e. The molecule has 0 heterocycles. The second kappa shape index (κ2) is 12.6. The van der Waals surface area contributed by atoms with E-state index in [1.54, 1.807) is 20.3 Å². The van der Waals surface area contributed by atoms with E-state index in [1.807, 2.05) is 36.4 Å². The highest BCUT2D eigenvalue weighted by Gasteiger charge is 2.17. The lowest BCUT2D eigenvalue weighted by Gasteiger charge is -2.23. The average molecular weight is 515 g/mol. The van der Waals surface area contributed by atoms with Crippen LogP contribution < -0.4 is 19.5 Å². The first kappa shape index (κ1) is 27.3. The zero-order chi connectivity index (χ0) is 26.1. The lowest BCUT2D eigenvalue weighted by Crippen LogP contribution is -2.32. The zero-order valence-corrected chi connectivity index (χ0v) is 21.6. The Kier molecular flexibility index (Phi) is 9.58. The Balaban J connectivity index is 1.71. The van der Waals surface area contributed by atoms with E-state index in [9.17, 15) is 18.6 Å². The van der Waals surface area contributed by atoms with E-state index >= 15 is 0 Å². The molecule has 3 aromatic carbocycles. The number of phenols is 1. The highest BCUT2D eigenvalue weighted by molar-refractivity contribution is 7.92. The minimum Gasteiger partial charge on any atom is -0.506 e. The molecule has 194 valence electrons. The van der Waals surface area contributed by atoms with Gasteiger partial charge in [0.1, 0.15) is 5.75 Å². The Morgan fingerprint density at radius 1 is 0.917 bits per heavy atom. The topological polar surface area (TPSA) is 117 Å². The molecule has 0 radical (unpaired) electrons. The fourth-order valence-electron chi connectivity index (χ4n) is 4.03. The molecule has 0 saturated heterocycles. The van der Waals surface area contributed by atoms with Crippen LogP contribution in [0.15, 0.2) is 66.7 Å². The third kappa shape index (κ3) is 8.15. The van der Waals surface area contributed by atoms with E-state index in [0.29, 0.717) is 23.6 Å². The average Bonchev–Trinajstić information content (AvgIpc) is 2.85. The number of anilines is 1. The Hall–Kier alpha value is -3.27. The predicted molar refractivity (Wildman–Crippen MR) is 141 cm³/mol. The van der Waals surface area contributed by atoms with E-state index in [4.69, 9.17) is 9.47 Å². The SMILES string of the molecule is COc1ccc([C@H](CCc2ccccc2)NC[C@H](O)Cc2ccc(O)c(NS(C)(=O)=O)c2)cc1OC. The summed E-state index contributed by atoms with van der Waals surface area (Å²) in [5.41, 5.74) is 3.02. The van der Waals surface area contributed by atoms with Crippen molar-refractivity contribution in [2.24, 2.45) is 0 Å². The lowest BCUT2D eigenvalue weighted by molar-refractivity contribution is 0.166. The van der Waals surface area contributed by atoms with Gasteiger partial charge in [0.25, 0.3) is 0 Å². The third-order valence-electron chi connectivity index (χ3n) is 5.80. The number of phenolic OH excluding ortho intramolecular Hbond substituents is 1. The Labute approximate surface area is 213 Å². The van der Waals surface area contributed by atoms with Crippen LogP contribution in [0.4, 0.5) is 5.69 Å². The van der Waals surface area contributed by atoms with E-state index in [-0.39, 0.29) is 23.9 Å². The molecule has 3 rings (SSSR count). The van der Waals surface area contributed by atoms with Crippen LogP contribution in [0.5, 0.6) is 17.2 Å². The van der Waals surface area contributed by atoms with Crippen molar-refractivity contribution in [3.63, 3.8) is 0 Å². The number of ether oxygens (including phenoxy) is 2. The van der Waals surface area contributed by atoms with Gasteiger partial charge < -0.3 is 25.0 Å². The van der Waals surface area contributed by atoms with Crippen molar-refractivity contribution < 1.29 is 28.1 Å². The molecule has 0 amide bonds. The summed E-state index contributed by atoms with van der Waals surface area (Å²) in [5.74, 6) is 1.11. The van der Waals surface area contributed by atoms with Crippen molar-refractivity contribution in [3.8, 4) is 17.2 Å². The number of nitrogens with one attached hydrogen (secondary N) is 2. The Morgan fingerprint density at radius 3 is 2.31 bits per heavy atom. The number of methoxy groups -OCH3 is 2. The molecule has 36 heavy (non-hydrogen) atoms. The van der Waals surface area contributed by atoms with Crippen LogP contribution in [0.3, 0.4) is 0 Å². The number of benzene rings is 3. The second-order valence-electron chi connectivity index (χ2n) is 8.68. The van der Waals surface area contributed by atoms with Crippen LogP contribution in [0, 0.1) is 0 Å². The summed E-state index contributed by atoms with van der Waals surface area (Å²) in [6, 6.07) is 20.5. The molecule has 0 unspecified atom stereocenters. The number of rotatable bonds is 13. The van der Waals surface area contributed by atoms with Gasteiger partial charge in [-0.1, -0.05) is 42.5 Å². The number of hydrogen-bond donors (Lipinski definition) is 4. The molecular formula is C27H34N2O6S. The van der Waals surface area contributed by atoms with E-state index in [0.717, 1.165) is 24.7 Å². The normalized spacial score (nSPS) is 13.1. The van der Waals surface area contributed by atoms with Crippen LogP contribution >= 0.6 is 0 Å². The minimum absolute atomic E-state index is 0.0538. The molecule has 0 fully saturated rings. The summed E-state index contributed by atoms with van der Waals surface area (Å²) >= 11 is 0. The maximum atomic E-state index is 11.6. The van der Waals surface area contributed by atoms with Gasteiger partial charge in [-0.25, -0.2) is 8.42 Å². The van der Waals surface area contributed by atoms with E-state index in [2.05, 4.69) is 22.2 Å². The highest BCUT2D eigenvalue weighted by atomic mass is 32.2. The fourth-order valence-corrected chi connectivity index (χ4v) is 4.59. The van der Waals surface area contributed by atoms with Crippen LogP contribution in [0.2, 0.25) is 0 Å². The third-order valence-corrected chi connectivity index (χ3v) is 6.39. The molecule has 0 aliphatic heterocycles. The van der Waals surface area contributed by atoms with Crippen molar-refractivity contribution in [2.75, 3.05) is 31.7 Å². The summed E-state index contributed by atoms with van der Waals surface area (Å²) in [5, 5.41) is 24.2. The molecule has 0 spiro atoms. The van der Waals surface area contributed by atoms with Gasteiger partial charge in [-0.15, -0.1) is 0 Å². The van der Waals surface area contributed by atoms with Crippen molar-refractivity contribution in [3.05, 3.63) is 83.4 Å². The number of aliphatic hydroxyl groups is 1. The van der Waals surface area contributed by atoms with Crippen molar-refractivity contribution in [1.82, 2.24) is 5.32 Å². The first-order valence-corrected chi connectivity index (χ1v) is 13.5. The molecular weight excluding hydrogens is 480 g/mol. The second-order valence-corrected chi connectivity index (χ2v) is 10.4. The molecule has 8 nitrogen and oxygen atoms in total. The molecule has 3 aromatic rings. The van der Waals surface area contributed by atoms with Gasteiger partial charge in [-0.2, -0.15) is 0 Å². The largest absolute Gasteiger partial charge is 0.506 e. The fraction of sp³-hybridized carbons (Fsp3) is 0.333. The monoisotopic (exact) mass is 514 g/mol. The standard InChI is InChI=1S/C27H34N2O6S/c1-34-26-14-11-21(17-27(26)35-2)23(12-9-19-7-5-4-6-8-19)28-18-22(30)15-20-10-13-25(31)24(16-20)29-36(3,32)33/h4-8,10-11,13-14,16-17,22-23,28-31H,9,12,15,18H2,1-3H3/t22-,23+/m1/s1. The first-order chi connectivity index (χ1) is 17.2. The van der Waals surface area contributed by atoms with Crippen molar-refractivity contribution >= 4 is 15.7 Å². The molecule has 0 bridgehead atoms. The van der Waals surface area contributed by atoms with Crippen molar-refractivity contribution in [1.29, 1.82) is 0 Å². The van der Waals surface area contributed by atoms with E-state index in [1.165, 1.54) is 17.7 Å². The molecule has 0 aliphatic rings. The number of aryl methyl sites for hydroxylation is 1. The number of aromatic hydroxyl groups is 1. The minimum atomic E-state index is -3.54. The maximum absolute atomic E-state index is 11.6. The first-order valence-electron chi connectivity index (χ1n) is 11.7. The number of sulfonamides is 1. The Morgan fingerprint density at radius 2 is 1.64 bits per heavy atom. The summed E-state index contributed by atoms with van der Waals surface area (Å²) in [6.07, 6.45) is 2.21. The van der Waals surface area contributed by atoms with Crippen LogP contribution in [-0.4, -0.2) is 51.8 Å². The van der Waals surface area contributed by atoms with Gasteiger partial charge in [0.2, 0.25) is 10.0 Å². The summed E-state index contributed by atoms with van der Waals surface area (Å²) in [7, 11) is -0.345. The van der Waals surface area contributed by atoms with Crippen molar-refractivity contribution in [2.45, 2.75) is 31.4 Å². The van der Waals surface area contributed by atoms with E-state index < -0.39 is 16.1 Å². The molecule has 9 heteroatoms. The molecule has 0 aliphatic carbocycles. The van der Waals surface area contributed by atoms with Gasteiger partial charge >= 0.3 is 0 Å². The predicted octanol–water partition coefficient (Wildman–Crippen LogP) is 3.65.